The van der Waals surface area contributed by atoms with Gasteiger partial charge in [-0.1, -0.05) is 13.8 Å². The number of nitrogens with zero attached hydrogens (tertiary/aromatic N) is 5. The number of hydrogen-bond donors (Lipinski definition) is 1. The SMILES string of the molecule is CCc1nnc(Nc2cnn(CC)c2)nc1CC. The quantitative estimate of drug-likeness (QED) is 0.873. The lowest BCUT2D eigenvalue weighted by molar-refractivity contribution is 0.660. The molecule has 0 atom stereocenters. The number of rotatable bonds is 5. The summed E-state index contributed by atoms with van der Waals surface area (Å²) in [6.45, 7) is 7.02. The average molecular weight is 246 g/mol. The summed E-state index contributed by atoms with van der Waals surface area (Å²) >= 11 is 0. The molecule has 0 amide bonds. The van der Waals surface area contributed by atoms with Gasteiger partial charge < -0.3 is 5.32 Å². The third-order valence-electron chi connectivity index (χ3n) is 2.72. The van der Waals surface area contributed by atoms with Crippen molar-refractivity contribution in [3.63, 3.8) is 0 Å². The van der Waals surface area contributed by atoms with E-state index in [9.17, 15) is 0 Å². The second kappa shape index (κ2) is 5.57. The molecular weight excluding hydrogens is 228 g/mol. The molecule has 2 aromatic heterocycles. The molecule has 0 saturated heterocycles. The lowest BCUT2D eigenvalue weighted by Gasteiger charge is -2.05. The lowest BCUT2D eigenvalue weighted by atomic mass is 10.2. The summed E-state index contributed by atoms with van der Waals surface area (Å²) in [6, 6.07) is 0. The predicted molar refractivity (Wildman–Crippen MR) is 69.8 cm³/mol. The van der Waals surface area contributed by atoms with Crippen LogP contribution in [0.15, 0.2) is 12.4 Å². The summed E-state index contributed by atoms with van der Waals surface area (Å²) in [4.78, 5) is 4.47. The van der Waals surface area contributed by atoms with Crippen molar-refractivity contribution in [3.05, 3.63) is 23.8 Å². The second-order valence-electron chi connectivity index (χ2n) is 3.95. The van der Waals surface area contributed by atoms with Gasteiger partial charge in [0.25, 0.3) is 0 Å². The van der Waals surface area contributed by atoms with E-state index >= 15 is 0 Å². The largest absolute Gasteiger partial charge is 0.320 e. The van der Waals surface area contributed by atoms with Crippen LogP contribution in [0.5, 0.6) is 0 Å². The third-order valence-corrected chi connectivity index (χ3v) is 2.72. The van der Waals surface area contributed by atoms with E-state index < -0.39 is 0 Å². The Kier molecular flexibility index (Phi) is 3.86. The van der Waals surface area contributed by atoms with Crippen LogP contribution in [0.2, 0.25) is 0 Å². The normalized spacial score (nSPS) is 10.6. The predicted octanol–water partition coefficient (Wildman–Crippen LogP) is 1.96. The third kappa shape index (κ3) is 2.64. The van der Waals surface area contributed by atoms with Crippen molar-refractivity contribution in [2.45, 2.75) is 40.2 Å². The Balaban J connectivity index is 2.18. The molecule has 0 radical (unpaired) electrons. The highest BCUT2D eigenvalue weighted by molar-refractivity contribution is 5.50. The fourth-order valence-electron chi connectivity index (χ4n) is 1.72. The molecule has 2 heterocycles. The monoisotopic (exact) mass is 246 g/mol. The second-order valence-corrected chi connectivity index (χ2v) is 3.95. The molecule has 0 unspecified atom stereocenters. The molecule has 1 N–H and O–H groups in total. The molecule has 0 spiro atoms. The van der Waals surface area contributed by atoms with Crippen LogP contribution in [-0.2, 0) is 19.4 Å². The van der Waals surface area contributed by atoms with Crippen LogP contribution in [0.4, 0.5) is 11.6 Å². The van der Waals surface area contributed by atoms with Crippen LogP contribution < -0.4 is 5.32 Å². The lowest BCUT2D eigenvalue weighted by Crippen LogP contribution is -2.06. The minimum atomic E-state index is 0.528. The molecule has 0 bridgehead atoms. The molecule has 0 aliphatic carbocycles. The van der Waals surface area contributed by atoms with Crippen LogP contribution in [0, 0.1) is 0 Å². The molecule has 0 aliphatic heterocycles. The van der Waals surface area contributed by atoms with Gasteiger partial charge >= 0.3 is 0 Å². The van der Waals surface area contributed by atoms with Crippen molar-refractivity contribution in [1.29, 1.82) is 0 Å². The maximum Gasteiger partial charge on any atom is 0.247 e. The van der Waals surface area contributed by atoms with Crippen molar-refractivity contribution in [3.8, 4) is 0 Å². The Bertz CT molecular complexity index is 519. The smallest absolute Gasteiger partial charge is 0.247 e. The van der Waals surface area contributed by atoms with E-state index in [0.717, 1.165) is 36.5 Å². The van der Waals surface area contributed by atoms with Crippen molar-refractivity contribution < 1.29 is 0 Å². The molecule has 6 heteroatoms. The summed E-state index contributed by atoms with van der Waals surface area (Å²) in [5.74, 6) is 0.528. The molecule has 18 heavy (non-hydrogen) atoms. The van der Waals surface area contributed by atoms with Crippen LogP contribution in [0.25, 0.3) is 0 Å². The summed E-state index contributed by atoms with van der Waals surface area (Å²) in [5.41, 5.74) is 2.84. The van der Waals surface area contributed by atoms with Crippen LogP contribution in [-0.4, -0.2) is 25.0 Å². The van der Waals surface area contributed by atoms with Crippen molar-refractivity contribution in [2.75, 3.05) is 5.32 Å². The standard InChI is InChI=1S/C12H18N6/c1-4-10-11(5-2)16-17-12(15-10)14-9-7-13-18(6-3)8-9/h7-8H,4-6H2,1-3H3,(H,14,15,17). The molecular formula is C12H18N6. The highest BCUT2D eigenvalue weighted by Gasteiger charge is 2.07. The topological polar surface area (TPSA) is 68.5 Å². The molecule has 0 fully saturated rings. The molecule has 0 aliphatic rings. The average Bonchev–Trinajstić information content (AvgIpc) is 2.86. The van der Waals surface area contributed by atoms with Gasteiger partial charge in [-0.25, -0.2) is 4.98 Å². The zero-order valence-corrected chi connectivity index (χ0v) is 11.0. The van der Waals surface area contributed by atoms with E-state index in [1.54, 1.807) is 6.20 Å². The maximum atomic E-state index is 4.47. The Morgan fingerprint density at radius 2 is 1.89 bits per heavy atom. The first-order valence-electron chi connectivity index (χ1n) is 6.28. The van der Waals surface area contributed by atoms with Crippen LogP contribution in [0.1, 0.15) is 32.2 Å². The van der Waals surface area contributed by atoms with E-state index in [1.807, 2.05) is 17.8 Å². The van der Waals surface area contributed by atoms with E-state index in [1.165, 1.54) is 0 Å². The molecule has 0 aromatic carbocycles. The first kappa shape index (κ1) is 12.5. The fourth-order valence-corrected chi connectivity index (χ4v) is 1.72. The minimum Gasteiger partial charge on any atom is -0.320 e. The van der Waals surface area contributed by atoms with E-state index in [2.05, 4.69) is 39.4 Å². The first-order valence-corrected chi connectivity index (χ1v) is 6.28. The van der Waals surface area contributed by atoms with Crippen molar-refractivity contribution >= 4 is 11.6 Å². The molecule has 96 valence electrons. The Hall–Kier alpha value is -1.98. The first-order chi connectivity index (χ1) is 8.76. The number of hydrogen-bond acceptors (Lipinski definition) is 5. The highest BCUT2D eigenvalue weighted by atomic mass is 15.3. The van der Waals surface area contributed by atoms with Crippen LogP contribution >= 0.6 is 0 Å². The zero-order valence-electron chi connectivity index (χ0n) is 11.0. The summed E-state index contributed by atoms with van der Waals surface area (Å²) in [5, 5.41) is 15.6. The van der Waals surface area contributed by atoms with Gasteiger partial charge in [0.1, 0.15) is 0 Å². The highest BCUT2D eigenvalue weighted by Crippen LogP contribution is 2.13. The van der Waals surface area contributed by atoms with Gasteiger partial charge in [-0.3, -0.25) is 4.68 Å². The minimum absolute atomic E-state index is 0.528. The number of aromatic nitrogens is 5. The van der Waals surface area contributed by atoms with Gasteiger partial charge in [0.2, 0.25) is 5.95 Å². The van der Waals surface area contributed by atoms with E-state index in [0.29, 0.717) is 5.95 Å². The van der Waals surface area contributed by atoms with Gasteiger partial charge in [-0.05, 0) is 19.8 Å². The Morgan fingerprint density at radius 1 is 1.11 bits per heavy atom. The summed E-state index contributed by atoms with van der Waals surface area (Å²) in [7, 11) is 0. The van der Waals surface area contributed by atoms with Gasteiger partial charge in [-0.2, -0.15) is 5.10 Å². The summed E-state index contributed by atoms with van der Waals surface area (Å²) < 4.78 is 1.84. The number of aryl methyl sites for hydroxylation is 3. The van der Waals surface area contributed by atoms with E-state index in [4.69, 9.17) is 0 Å². The Labute approximate surface area is 106 Å². The summed E-state index contributed by atoms with van der Waals surface area (Å²) in [6.07, 6.45) is 5.40. The molecule has 2 rings (SSSR count). The van der Waals surface area contributed by atoms with Gasteiger partial charge in [0.15, 0.2) is 0 Å². The van der Waals surface area contributed by atoms with Crippen molar-refractivity contribution in [2.24, 2.45) is 0 Å². The number of nitrogens with one attached hydrogen (secondary N) is 1. The van der Waals surface area contributed by atoms with E-state index in [-0.39, 0.29) is 0 Å². The maximum absolute atomic E-state index is 4.47. The number of anilines is 2. The van der Waals surface area contributed by atoms with Gasteiger partial charge in [0.05, 0.1) is 23.3 Å². The van der Waals surface area contributed by atoms with Gasteiger partial charge in [0, 0.05) is 12.7 Å². The molecule has 6 nitrogen and oxygen atoms in total. The molecule has 0 saturated carbocycles. The zero-order chi connectivity index (χ0) is 13.0. The van der Waals surface area contributed by atoms with Gasteiger partial charge in [-0.15, -0.1) is 10.2 Å². The van der Waals surface area contributed by atoms with Crippen molar-refractivity contribution in [1.82, 2.24) is 25.0 Å². The van der Waals surface area contributed by atoms with Crippen LogP contribution in [0.3, 0.4) is 0 Å². The fraction of sp³-hybridized carbons (Fsp3) is 0.500. The Morgan fingerprint density at radius 3 is 2.50 bits per heavy atom. The molecule has 2 aromatic rings.